The van der Waals surface area contributed by atoms with Crippen LogP contribution in [0.3, 0.4) is 0 Å². The number of carbonyl (C=O) groups is 1. The summed E-state index contributed by atoms with van der Waals surface area (Å²) in [5.74, 6) is 0.168. The SMILES string of the molecule is O=C(NC1CCS(=O)(=O)C1)c1cc(-c2ccco2)n(-c2cccc(Cl)c2)n1. The summed E-state index contributed by atoms with van der Waals surface area (Å²) < 4.78 is 30.2. The molecule has 0 radical (unpaired) electrons. The van der Waals surface area contributed by atoms with Crippen molar-refractivity contribution < 1.29 is 17.6 Å². The number of hydrogen-bond acceptors (Lipinski definition) is 5. The molecule has 7 nitrogen and oxygen atoms in total. The summed E-state index contributed by atoms with van der Waals surface area (Å²) in [4.78, 5) is 12.6. The van der Waals surface area contributed by atoms with Gasteiger partial charge in [-0.25, -0.2) is 13.1 Å². The molecular weight excluding hydrogens is 390 g/mol. The number of sulfone groups is 1. The van der Waals surface area contributed by atoms with Crippen LogP contribution in [0.2, 0.25) is 5.02 Å². The van der Waals surface area contributed by atoms with Gasteiger partial charge in [0.05, 0.1) is 23.5 Å². The van der Waals surface area contributed by atoms with Gasteiger partial charge in [-0.15, -0.1) is 0 Å². The summed E-state index contributed by atoms with van der Waals surface area (Å²) in [6.45, 7) is 0. The number of hydrogen-bond donors (Lipinski definition) is 1. The van der Waals surface area contributed by atoms with Crippen molar-refractivity contribution in [2.75, 3.05) is 11.5 Å². The number of halogens is 1. The van der Waals surface area contributed by atoms with Crippen molar-refractivity contribution in [1.29, 1.82) is 0 Å². The van der Waals surface area contributed by atoms with Crippen molar-refractivity contribution in [3.63, 3.8) is 0 Å². The van der Waals surface area contributed by atoms with Crippen LogP contribution in [0.15, 0.2) is 53.1 Å². The van der Waals surface area contributed by atoms with Crippen LogP contribution in [0.5, 0.6) is 0 Å². The highest BCUT2D eigenvalue weighted by Gasteiger charge is 2.30. The third-order valence-corrected chi connectivity index (χ3v) is 6.34. The molecule has 3 heterocycles. The van der Waals surface area contributed by atoms with Crippen LogP contribution in [0.4, 0.5) is 0 Å². The average Bonchev–Trinajstić information content (AvgIpc) is 3.33. The van der Waals surface area contributed by atoms with Crippen LogP contribution < -0.4 is 5.32 Å². The molecule has 0 spiro atoms. The van der Waals surface area contributed by atoms with Gasteiger partial charge < -0.3 is 9.73 Å². The van der Waals surface area contributed by atoms with E-state index in [2.05, 4.69) is 10.4 Å². The molecule has 1 aliphatic heterocycles. The number of carbonyl (C=O) groups excluding carboxylic acids is 1. The van der Waals surface area contributed by atoms with E-state index in [1.165, 1.54) is 6.26 Å². The lowest BCUT2D eigenvalue weighted by Crippen LogP contribution is -2.35. The van der Waals surface area contributed by atoms with Gasteiger partial charge in [0, 0.05) is 17.1 Å². The molecule has 1 saturated heterocycles. The van der Waals surface area contributed by atoms with Gasteiger partial charge in [0.25, 0.3) is 5.91 Å². The van der Waals surface area contributed by atoms with Crippen molar-refractivity contribution >= 4 is 27.3 Å². The Morgan fingerprint density at radius 3 is 2.78 bits per heavy atom. The highest BCUT2D eigenvalue weighted by molar-refractivity contribution is 7.91. The van der Waals surface area contributed by atoms with Crippen molar-refractivity contribution in [2.24, 2.45) is 0 Å². The van der Waals surface area contributed by atoms with Crippen LogP contribution in [0, 0.1) is 0 Å². The average molecular weight is 406 g/mol. The summed E-state index contributed by atoms with van der Waals surface area (Å²) in [6, 6.07) is 11.8. The standard InChI is InChI=1S/C18H16ClN3O4S/c19-12-3-1-4-14(9-12)22-16(17-5-2-7-26-17)10-15(21-22)18(23)20-13-6-8-27(24,25)11-13/h1-5,7,9-10,13H,6,8,11H2,(H,20,23). The number of nitrogens with zero attached hydrogens (tertiary/aromatic N) is 2. The summed E-state index contributed by atoms with van der Waals surface area (Å²) in [7, 11) is -3.08. The lowest BCUT2D eigenvalue weighted by atomic mass is 10.2. The van der Waals surface area contributed by atoms with Gasteiger partial charge in [-0.05, 0) is 36.8 Å². The van der Waals surface area contributed by atoms with Crippen molar-refractivity contribution in [2.45, 2.75) is 12.5 Å². The Kier molecular flexibility index (Phi) is 4.53. The summed E-state index contributed by atoms with van der Waals surface area (Å²) >= 11 is 6.08. The quantitative estimate of drug-likeness (QED) is 0.720. The van der Waals surface area contributed by atoms with Crippen LogP contribution in [-0.4, -0.2) is 41.7 Å². The molecule has 1 amide bonds. The fourth-order valence-corrected chi connectivity index (χ4v) is 4.92. The normalized spacial score (nSPS) is 18.5. The molecule has 1 aromatic carbocycles. The van der Waals surface area contributed by atoms with Gasteiger partial charge in [0.15, 0.2) is 21.3 Å². The minimum absolute atomic E-state index is 0.0429. The molecule has 3 aromatic rings. The Morgan fingerprint density at radius 1 is 1.26 bits per heavy atom. The fraction of sp³-hybridized carbons (Fsp3) is 0.222. The lowest BCUT2D eigenvalue weighted by molar-refractivity contribution is 0.0935. The van der Waals surface area contributed by atoms with E-state index >= 15 is 0 Å². The number of amides is 1. The van der Waals surface area contributed by atoms with Gasteiger partial charge in [0.2, 0.25) is 0 Å². The molecule has 140 valence electrons. The minimum atomic E-state index is -3.08. The van der Waals surface area contributed by atoms with Gasteiger partial charge in [-0.2, -0.15) is 5.10 Å². The van der Waals surface area contributed by atoms with Crippen molar-refractivity contribution in [3.05, 3.63) is 59.4 Å². The lowest BCUT2D eigenvalue weighted by Gasteiger charge is -2.09. The Balaban J connectivity index is 1.68. The highest BCUT2D eigenvalue weighted by atomic mass is 35.5. The third kappa shape index (κ3) is 3.77. The fourth-order valence-electron chi connectivity index (χ4n) is 3.06. The maximum absolute atomic E-state index is 12.6. The molecule has 1 atom stereocenters. The van der Waals surface area contributed by atoms with Gasteiger partial charge in [-0.3, -0.25) is 4.79 Å². The third-order valence-electron chi connectivity index (χ3n) is 4.34. The number of benzene rings is 1. The van der Waals surface area contributed by atoms with E-state index in [0.29, 0.717) is 28.6 Å². The van der Waals surface area contributed by atoms with Crippen LogP contribution >= 0.6 is 11.6 Å². The smallest absolute Gasteiger partial charge is 0.272 e. The van der Waals surface area contributed by atoms with E-state index in [-0.39, 0.29) is 17.2 Å². The number of furan rings is 1. The predicted octanol–water partition coefficient (Wildman–Crippen LogP) is 2.70. The second-order valence-corrected chi connectivity index (χ2v) is 9.02. The van der Waals surface area contributed by atoms with E-state index in [1.807, 2.05) is 6.07 Å². The molecule has 2 aromatic heterocycles. The first kappa shape index (κ1) is 17.8. The predicted molar refractivity (Wildman–Crippen MR) is 101 cm³/mol. The van der Waals surface area contributed by atoms with Gasteiger partial charge in [-0.1, -0.05) is 17.7 Å². The zero-order chi connectivity index (χ0) is 19.0. The van der Waals surface area contributed by atoms with Crippen molar-refractivity contribution in [3.8, 4) is 17.1 Å². The first-order chi connectivity index (χ1) is 12.9. The molecule has 1 aliphatic rings. The monoisotopic (exact) mass is 405 g/mol. The Morgan fingerprint density at radius 2 is 2.11 bits per heavy atom. The molecule has 1 unspecified atom stereocenters. The Bertz CT molecular complexity index is 1090. The molecule has 1 fully saturated rings. The molecule has 4 rings (SSSR count). The second-order valence-electron chi connectivity index (χ2n) is 6.36. The number of rotatable bonds is 4. The zero-order valence-electron chi connectivity index (χ0n) is 14.1. The summed E-state index contributed by atoms with van der Waals surface area (Å²) in [5, 5.41) is 7.68. The first-order valence-corrected chi connectivity index (χ1v) is 10.5. The summed E-state index contributed by atoms with van der Waals surface area (Å²) in [6.07, 6.45) is 1.95. The summed E-state index contributed by atoms with van der Waals surface area (Å²) in [5.41, 5.74) is 1.44. The highest BCUT2D eigenvalue weighted by Crippen LogP contribution is 2.26. The van der Waals surface area contributed by atoms with E-state index in [0.717, 1.165) is 0 Å². The number of nitrogens with one attached hydrogen (secondary N) is 1. The Hall–Kier alpha value is -2.58. The largest absolute Gasteiger partial charge is 0.463 e. The van der Waals surface area contributed by atoms with E-state index in [4.69, 9.17) is 16.0 Å². The van der Waals surface area contributed by atoms with Crippen LogP contribution in [0.1, 0.15) is 16.9 Å². The van der Waals surface area contributed by atoms with Crippen LogP contribution in [0.25, 0.3) is 17.1 Å². The Labute approximate surface area is 160 Å². The molecule has 0 saturated carbocycles. The van der Waals surface area contributed by atoms with Crippen molar-refractivity contribution in [1.82, 2.24) is 15.1 Å². The zero-order valence-corrected chi connectivity index (χ0v) is 15.7. The first-order valence-electron chi connectivity index (χ1n) is 8.32. The maximum Gasteiger partial charge on any atom is 0.272 e. The topological polar surface area (TPSA) is 94.2 Å². The molecule has 0 aliphatic carbocycles. The number of aromatic nitrogens is 2. The minimum Gasteiger partial charge on any atom is -0.463 e. The van der Waals surface area contributed by atoms with E-state index < -0.39 is 21.8 Å². The molecule has 0 bridgehead atoms. The van der Waals surface area contributed by atoms with Gasteiger partial charge >= 0.3 is 0 Å². The van der Waals surface area contributed by atoms with E-state index in [9.17, 15) is 13.2 Å². The van der Waals surface area contributed by atoms with Crippen LogP contribution in [-0.2, 0) is 9.84 Å². The molecule has 9 heteroatoms. The second kappa shape index (κ2) is 6.86. The van der Waals surface area contributed by atoms with E-state index in [1.54, 1.807) is 41.1 Å². The molecule has 27 heavy (non-hydrogen) atoms. The molecule has 1 N–H and O–H groups in total. The molecular formula is C18H16ClN3O4S. The van der Waals surface area contributed by atoms with Gasteiger partial charge in [0.1, 0.15) is 5.69 Å². The maximum atomic E-state index is 12.6.